The predicted molar refractivity (Wildman–Crippen MR) is 141 cm³/mol. The van der Waals surface area contributed by atoms with E-state index in [2.05, 4.69) is 15.6 Å². The summed E-state index contributed by atoms with van der Waals surface area (Å²) in [5.74, 6) is -0.379. The van der Waals surface area contributed by atoms with E-state index < -0.39 is 22.9 Å². The van der Waals surface area contributed by atoms with Crippen molar-refractivity contribution in [2.24, 2.45) is 7.05 Å². The predicted octanol–water partition coefficient (Wildman–Crippen LogP) is 3.40. The molecule has 2 atom stereocenters. The quantitative estimate of drug-likeness (QED) is 0.324. The van der Waals surface area contributed by atoms with Crippen LogP contribution in [0.25, 0.3) is 11.0 Å². The molecular formula is C27H29N5O4. The molecule has 1 saturated heterocycles. The van der Waals surface area contributed by atoms with E-state index >= 15 is 0 Å². The number of aryl methyl sites for hydroxylation is 1. The first kappa shape index (κ1) is 23.6. The van der Waals surface area contributed by atoms with Gasteiger partial charge in [-0.1, -0.05) is 24.3 Å². The van der Waals surface area contributed by atoms with Gasteiger partial charge >= 0.3 is 5.97 Å². The highest BCUT2D eigenvalue weighted by Crippen LogP contribution is 2.29. The number of carboxylic acid groups (broad SMARTS) is 1. The molecule has 1 aromatic heterocycles. The second kappa shape index (κ2) is 9.49. The average molecular weight is 488 g/mol. The van der Waals surface area contributed by atoms with Crippen molar-refractivity contribution in [2.45, 2.75) is 44.7 Å². The van der Waals surface area contributed by atoms with Crippen LogP contribution in [0, 0.1) is 0 Å². The molecule has 9 nitrogen and oxygen atoms in total. The molecule has 0 amide bonds. The molecule has 1 unspecified atom stereocenters. The van der Waals surface area contributed by atoms with Crippen LogP contribution in [-0.2, 0) is 18.3 Å². The summed E-state index contributed by atoms with van der Waals surface area (Å²) in [6.45, 7) is 2.72. The summed E-state index contributed by atoms with van der Waals surface area (Å²) in [6.07, 6.45) is 3.12. The minimum atomic E-state index is -1.08. The molecule has 0 radical (unpaired) electrons. The number of anilines is 4. The molecule has 0 bridgehead atoms. The van der Waals surface area contributed by atoms with Gasteiger partial charge in [-0.15, -0.1) is 0 Å². The van der Waals surface area contributed by atoms with Gasteiger partial charge in [-0.25, -0.2) is 9.78 Å². The summed E-state index contributed by atoms with van der Waals surface area (Å²) in [6, 6.07) is 14.4. The van der Waals surface area contributed by atoms with Crippen molar-refractivity contribution in [1.29, 1.82) is 0 Å². The highest BCUT2D eigenvalue weighted by molar-refractivity contribution is 5.83. The second-order valence-corrected chi connectivity index (χ2v) is 9.46. The first-order chi connectivity index (χ1) is 17.3. The second-order valence-electron chi connectivity index (χ2n) is 9.46. The first-order valence-electron chi connectivity index (χ1n) is 12.2. The number of benzene rings is 2. The lowest BCUT2D eigenvalue weighted by molar-refractivity contribution is -0.137. The van der Waals surface area contributed by atoms with Crippen molar-refractivity contribution in [2.75, 3.05) is 22.1 Å². The Morgan fingerprint density at radius 3 is 2.56 bits per heavy atom. The SMILES string of the molecule is CC1CCCCN1c1c(N[C@@H](Cc2ccc(Nc3nc4ccccc4n3C)cc2)C(=O)O)c(=O)c1=O. The number of carbonyl (C=O) groups is 1. The Labute approximate surface area is 208 Å². The Bertz CT molecular complexity index is 1480. The summed E-state index contributed by atoms with van der Waals surface area (Å²) in [7, 11) is 1.94. The number of nitrogens with zero attached hydrogens (tertiary/aromatic N) is 3. The zero-order valence-corrected chi connectivity index (χ0v) is 20.3. The number of rotatable bonds is 8. The van der Waals surface area contributed by atoms with E-state index in [4.69, 9.17) is 0 Å². The van der Waals surface area contributed by atoms with Crippen LogP contribution < -0.4 is 26.4 Å². The molecule has 5 rings (SSSR count). The lowest BCUT2D eigenvalue weighted by Gasteiger charge is -2.37. The highest BCUT2D eigenvalue weighted by atomic mass is 16.4. The zero-order chi connectivity index (χ0) is 25.4. The third-order valence-electron chi connectivity index (χ3n) is 7.03. The lowest BCUT2D eigenvalue weighted by atomic mass is 9.99. The van der Waals surface area contributed by atoms with Gasteiger partial charge in [0.25, 0.3) is 10.9 Å². The topological polar surface area (TPSA) is 117 Å². The van der Waals surface area contributed by atoms with Crippen molar-refractivity contribution < 1.29 is 9.90 Å². The molecule has 1 aliphatic rings. The van der Waals surface area contributed by atoms with E-state index in [1.807, 2.05) is 72.0 Å². The number of hydrogen-bond donors (Lipinski definition) is 3. The van der Waals surface area contributed by atoms with Crippen LogP contribution in [0.4, 0.5) is 23.0 Å². The molecule has 36 heavy (non-hydrogen) atoms. The Hall–Kier alpha value is -4.14. The molecule has 4 aromatic rings. The van der Waals surface area contributed by atoms with Gasteiger partial charge in [0.05, 0.1) is 11.0 Å². The molecule has 0 saturated carbocycles. The minimum absolute atomic E-state index is 0.126. The van der Waals surface area contributed by atoms with E-state index in [9.17, 15) is 19.5 Å². The van der Waals surface area contributed by atoms with Crippen LogP contribution in [-0.4, -0.2) is 39.3 Å². The third-order valence-corrected chi connectivity index (χ3v) is 7.03. The lowest BCUT2D eigenvalue weighted by Crippen LogP contribution is -2.49. The van der Waals surface area contributed by atoms with Gasteiger partial charge in [-0.2, -0.15) is 0 Å². The fourth-order valence-electron chi connectivity index (χ4n) is 4.94. The summed E-state index contributed by atoms with van der Waals surface area (Å²) < 4.78 is 1.97. The molecule has 0 spiro atoms. The number of hydrogen-bond acceptors (Lipinski definition) is 7. The summed E-state index contributed by atoms with van der Waals surface area (Å²) >= 11 is 0. The number of para-hydroxylation sites is 2. The summed E-state index contributed by atoms with van der Waals surface area (Å²) in [5, 5.41) is 16.0. The van der Waals surface area contributed by atoms with Gasteiger partial charge in [-0.05, 0) is 56.0 Å². The van der Waals surface area contributed by atoms with E-state index in [1.54, 1.807) is 0 Å². The van der Waals surface area contributed by atoms with E-state index in [0.717, 1.165) is 41.5 Å². The maximum Gasteiger partial charge on any atom is 0.326 e. The van der Waals surface area contributed by atoms with Gasteiger partial charge in [0, 0.05) is 31.7 Å². The number of fused-ring (bicyclic) bond motifs is 1. The fraction of sp³-hybridized carbons (Fsp3) is 0.333. The molecule has 186 valence electrons. The molecule has 1 aliphatic heterocycles. The maximum absolute atomic E-state index is 12.3. The molecule has 9 heteroatoms. The van der Waals surface area contributed by atoms with Crippen LogP contribution in [0.15, 0.2) is 58.1 Å². The van der Waals surface area contributed by atoms with Crippen molar-refractivity contribution >= 4 is 40.0 Å². The summed E-state index contributed by atoms with van der Waals surface area (Å²) in [4.78, 5) is 43.3. The standard InChI is InChI=1S/C27H29N5O4/c1-16-7-5-6-14-32(16)23-22(24(33)25(23)34)29-20(26(35)36)15-17-10-12-18(13-11-17)28-27-30-19-8-3-4-9-21(19)31(27)2/h3-4,8-13,16,20,29H,5-7,14-15H2,1-2H3,(H,28,30)(H,35,36)/t16?,20-/m0/s1. The Balaban J connectivity index is 1.30. The van der Waals surface area contributed by atoms with Crippen LogP contribution in [0.2, 0.25) is 0 Å². The third kappa shape index (κ3) is 4.32. The van der Waals surface area contributed by atoms with Gasteiger partial charge in [0.15, 0.2) is 0 Å². The monoisotopic (exact) mass is 487 g/mol. The van der Waals surface area contributed by atoms with Crippen LogP contribution >= 0.6 is 0 Å². The van der Waals surface area contributed by atoms with Gasteiger partial charge in [0.2, 0.25) is 5.95 Å². The van der Waals surface area contributed by atoms with Gasteiger partial charge in [0.1, 0.15) is 17.4 Å². The fourth-order valence-corrected chi connectivity index (χ4v) is 4.94. The molecule has 2 heterocycles. The number of carboxylic acids is 1. The van der Waals surface area contributed by atoms with Gasteiger partial charge in [-0.3, -0.25) is 9.59 Å². The van der Waals surface area contributed by atoms with Crippen LogP contribution in [0.1, 0.15) is 31.7 Å². The Morgan fingerprint density at radius 2 is 1.86 bits per heavy atom. The number of aliphatic carboxylic acids is 1. The first-order valence-corrected chi connectivity index (χ1v) is 12.2. The van der Waals surface area contributed by atoms with Crippen molar-refractivity contribution in [3.63, 3.8) is 0 Å². The highest BCUT2D eigenvalue weighted by Gasteiger charge is 2.32. The van der Waals surface area contributed by atoms with Crippen molar-refractivity contribution in [1.82, 2.24) is 9.55 Å². The Morgan fingerprint density at radius 1 is 1.11 bits per heavy atom. The van der Waals surface area contributed by atoms with E-state index in [-0.39, 0.29) is 18.2 Å². The number of aromatic nitrogens is 2. The molecule has 3 N–H and O–H groups in total. The van der Waals surface area contributed by atoms with Crippen molar-refractivity contribution in [3.05, 3.63) is 74.5 Å². The number of nitrogens with one attached hydrogen (secondary N) is 2. The Kier molecular flexibility index (Phi) is 6.22. The number of piperidine rings is 1. The van der Waals surface area contributed by atoms with Crippen LogP contribution in [0.3, 0.4) is 0 Å². The molecule has 3 aromatic carbocycles. The average Bonchev–Trinajstić information content (AvgIpc) is 3.19. The molecule has 0 aliphatic carbocycles. The number of imidazole rings is 1. The normalized spacial score (nSPS) is 16.8. The van der Waals surface area contributed by atoms with Crippen LogP contribution in [0.5, 0.6) is 0 Å². The van der Waals surface area contributed by atoms with E-state index in [0.29, 0.717) is 18.2 Å². The minimum Gasteiger partial charge on any atom is -0.480 e. The van der Waals surface area contributed by atoms with E-state index in [1.165, 1.54) is 0 Å². The smallest absolute Gasteiger partial charge is 0.326 e. The van der Waals surface area contributed by atoms with Crippen molar-refractivity contribution in [3.8, 4) is 0 Å². The molecule has 1 fully saturated rings. The van der Waals surface area contributed by atoms with Gasteiger partial charge < -0.3 is 25.2 Å². The largest absolute Gasteiger partial charge is 0.480 e. The zero-order valence-electron chi connectivity index (χ0n) is 20.3. The maximum atomic E-state index is 12.3. The summed E-state index contributed by atoms with van der Waals surface area (Å²) in [5.41, 5.74) is 2.80. The molecular weight excluding hydrogens is 458 g/mol.